The van der Waals surface area contributed by atoms with Crippen LogP contribution in [-0.4, -0.2) is 24.1 Å². The van der Waals surface area contributed by atoms with Gasteiger partial charge in [-0.05, 0) is 24.5 Å². The summed E-state index contributed by atoms with van der Waals surface area (Å²) < 4.78 is 11.5. The van der Waals surface area contributed by atoms with Crippen molar-refractivity contribution >= 4 is 0 Å². The van der Waals surface area contributed by atoms with E-state index in [0.717, 1.165) is 18.4 Å². The van der Waals surface area contributed by atoms with Gasteiger partial charge in [-0.3, -0.25) is 0 Å². The van der Waals surface area contributed by atoms with Crippen LogP contribution < -0.4 is 0 Å². The molecule has 92 valence electrons. The van der Waals surface area contributed by atoms with E-state index in [1.165, 1.54) is 0 Å². The number of benzene rings is 1. The van der Waals surface area contributed by atoms with Crippen molar-refractivity contribution in [3.05, 3.63) is 48.6 Å². The molecule has 0 aliphatic carbocycles. The number of hydrogen-bond acceptors (Lipinski definition) is 3. The van der Waals surface area contributed by atoms with Gasteiger partial charge in [0.2, 0.25) is 0 Å². The lowest BCUT2D eigenvalue weighted by Gasteiger charge is -2.16. The average Bonchev–Trinajstić information content (AvgIpc) is 2.80. The largest absolute Gasteiger partial charge is 0.396 e. The van der Waals surface area contributed by atoms with Crippen molar-refractivity contribution in [2.24, 2.45) is 0 Å². The van der Waals surface area contributed by atoms with E-state index in [2.05, 4.69) is 6.58 Å². The molecule has 3 nitrogen and oxygen atoms in total. The van der Waals surface area contributed by atoms with Crippen molar-refractivity contribution in [1.82, 2.24) is 0 Å². The number of aliphatic hydroxyl groups excluding tert-OH is 1. The Labute approximate surface area is 102 Å². The molecule has 0 amide bonds. The Kier molecular flexibility index (Phi) is 4.31. The second-order valence-electron chi connectivity index (χ2n) is 4.11. The number of rotatable bonds is 5. The molecule has 3 unspecified atom stereocenters. The van der Waals surface area contributed by atoms with Crippen LogP contribution in [0, 0.1) is 0 Å². The highest BCUT2D eigenvalue weighted by Gasteiger charge is 2.35. The quantitative estimate of drug-likeness (QED) is 0.795. The molecule has 0 saturated carbocycles. The maximum atomic E-state index is 8.89. The van der Waals surface area contributed by atoms with Crippen LogP contribution in [0.25, 0.3) is 0 Å². The van der Waals surface area contributed by atoms with E-state index in [4.69, 9.17) is 14.6 Å². The van der Waals surface area contributed by atoms with E-state index in [9.17, 15) is 0 Å². The van der Waals surface area contributed by atoms with Gasteiger partial charge in [0.05, 0.1) is 6.10 Å². The van der Waals surface area contributed by atoms with Crippen LogP contribution in [0.2, 0.25) is 0 Å². The van der Waals surface area contributed by atoms with Gasteiger partial charge in [0, 0.05) is 6.61 Å². The molecule has 0 spiro atoms. The van der Waals surface area contributed by atoms with Crippen molar-refractivity contribution in [2.75, 3.05) is 6.61 Å². The van der Waals surface area contributed by atoms with Gasteiger partial charge >= 0.3 is 0 Å². The Morgan fingerprint density at radius 1 is 1.24 bits per heavy atom. The second-order valence-corrected chi connectivity index (χ2v) is 4.11. The van der Waals surface area contributed by atoms with Gasteiger partial charge in [-0.25, -0.2) is 0 Å². The maximum absolute atomic E-state index is 8.89. The zero-order chi connectivity index (χ0) is 12.1. The highest BCUT2D eigenvalue weighted by molar-refractivity contribution is 5.19. The molecule has 0 radical (unpaired) electrons. The van der Waals surface area contributed by atoms with Crippen LogP contribution in [0.5, 0.6) is 0 Å². The SMILES string of the molecule is C=CC1OC(CCCO)C(c2ccccc2)O1. The molecule has 1 fully saturated rings. The lowest BCUT2D eigenvalue weighted by Crippen LogP contribution is -2.15. The summed E-state index contributed by atoms with van der Waals surface area (Å²) in [6.45, 7) is 3.87. The predicted octanol–water partition coefficient (Wildman–Crippen LogP) is 2.43. The van der Waals surface area contributed by atoms with E-state index in [0.29, 0.717) is 0 Å². The van der Waals surface area contributed by atoms with E-state index >= 15 is 0 Å². The van der Waals surface area contributed by atoms with Crippen molar-refractivity contribution in [1.29, 1.82) is 0 Å². The van der Waals surface area contributed by atoms with E-state index in [1.54, 1.807) is 6.08 Å². The molecule has 1 saturated heterocycles. The summed E-state index contributed by atoms with van der Waals surface area (Å²) in [6.07, 6.45) is 2.76. The first-order valence-corrected chi connectivity index (χ1v) is 5.94. The summed E-state index contributed by atoms with van der Waals surface area (Å²) in [6, 6.07) is 10.0. The fourth-order valence-corrected chi connectivity index (χ4v) is 2.07. The molecule has 3 heteroatoms. The van der Waals surface area contributed by atoms with E-state index < -0.39 is 0 Å². The highest BCUT2D eigenvalue weighted by atomic mass is 16.7. The molecule has 17 heavy (non-hydrogen) atoms. The molecule has 0 aromatic heterocycles. The van der Waals surface area contributed by atoms with Crippen LogP contribution >= 0.6 is 0 Å². The smallest absolute Gasteiger partial charge is 0.177 e. The summed E-state index contributed by atoms with van der Waals surface area (Å²) in [5, 5.41) is 8.89. The molecule has 0 bridgehead atoms. The summed E-state index contributed by atoms with van der Waals surface area (Å²) >= 11 is 0. The third kappa shape index (κ3) is 2.94. The van der Waals surface area contributed by atoms with Crippen LogP contribution in [0.4, 0.5) is 0 Å². The third-order valence-electron chi connectivity index (χ3n) is 2.89. The highest BCUT2D eigenvalue weighted by Crippen LogP contribution is 2.34. The first kappa shape index (κ1) is 12.3. The number of aliphatic hydroxyl groups is 1. The molecule has 1 aromatic carbocycles. The van der Waals surface area contributed by atoms with E-state index in [1.807, 2.05) is 30.3 Å². The van der Waals surface area contributed by atoms with Gasteiger partial charge in [-0.1, -0.05) is 36.9 Å². The van der Waals surface area contributed by atoms with Gasteiger partial charge in [0.15, 0.2) is 6.29 Å². The lowest BCUT2D eigenvalue weighted by atomic mass is 10.0. The predicted molar refractivity (Wildman–Crippen MR) is 65.4 cm³/mol. The minimum Gasteiger partial charge on any atom is -0.396 e. The van der Waals surface area contributed by atoms with Gasteiger partial charge < -0.3 is 14.6 Å². The zero-order valence-electron chi connectivity index (χ0n) is 9.79. The first-order valence-electron chi connectivity index (χ1n) is 5.94. The first-order chi connectivity index (χ1) is 8.35. The molecule has 3 atom stereocenters. The average molecular weight is 234 g/mol. The Balaban J connectivity index is 2.09. The van der Waals surface area contributed by atoms with Crippen molar-refractivity contribution in [3.8, 4) is 0 Å². The summed E-state index contributed by atoms with van der Waals surface area (Å²) in [5.74, 6) is 0. The molecular formula is C14H18O3. The Bertz CT molecular complexity index is 350. The van der Waals surface area contributed by atoms with Crippen molar-refractivity contribution in [2.45, 2.75) is 31.3 Å². The summed E-state index contributed by atoms with van der Waals surface area (Å²) in [7, 11) is 0. The van der Waals surface area contributed by atoms with Crippen LogP contribution in [0.15, 0.2) is 43.0 Å². The third-order valence-corrected chi connectivity index (χ3v) is 2.89. The fraction of sp³-hybridized carbons (Fsp3) is 0.429. The summed E-state index contributed by atoms with van der Waals surface area (Å²) in [5.41, 5.74) is 1.11. The molecule has 1 aromatic rings. The topological polar surface area (TPSA) is 38.7 Å². The minimum absolute atomic E-state index is 0.00690. The number of ether oxygens (including phenoxy) is 2. The van der Waals surface area contributed by atoms with Crippen LogP contribution in [0.3, 0.4) is 0 Å². The Morgan fingerprint density at radius 2 is 2.00 bits per heavy atom. The fourth-order valence-electron chi connectivity index (χ4n) is 2.07. The molecule has 2 rings (SSSR count). The second kappa shape index (κ2) is 5.96. The van der Waals surface area contributed by atoms with Crippen molar-refractivity contribution < 1.29 is 14.6 Å². The Morgan fingerprint density at radius 3 is 2.65 bits per heavy atom. The lowest BCUT2D eigenvalue weighted by molar-refractivity contribution is -0.0297. The molecule has 1 heterocycles. The standard InChI is InChI=1S/C14H18O3/c1-2-13-16-12(9-6-10-15)14(17-13)11-7-4-3-5-8-11/h2-5,7-8,12-15H,1,6,9-10H2. The maximum Gasteiger partial charge on any atom is 0.177 e. The molecule has 1 aliphatic heterocycles. The van der Waals surface area contributed by atoms with Crippen LogP contribution in [0.1, 0.15) is 24.5 Å². The molecule has 1 N–H and O–H groups in total. The van der Waals surface area contributed by atoms with Gasteiger partial charge in [0.1, 0.15) is 6.10 Å². The van der Waals surface area contributed by atoms with Gasteiger partial charge in [-0.2, -0.15) is 0 Å². The minimum atomic E-state index is -0.344. The van der Waals surface area contributed by atoms with Crippen molar-refractivity contribution in [3.63, 3.8) is 0 Å². The Hall–Kier alpha value is -1.16. The monoisotopic (exact) mass is 234 g/mol. The summed E-state index contributed by atoms with van der Waals surface area (Å²) in [4.78, 5) is 0. The normalized spacial score (nSPS) is 28.2. The van der Waals surface area contributed by atoms with Crippen LogP contribution in [-0.2, 0) is 9.47 Å². The van der Waals surface area contributed by atoms with Gasteiger partial charge in [0.25, 0.3) is 0 Å². The molecular weight excluding hydrogens is 216 g/mol. The number of hydrogen-bond donors (Lipinski definition) is 1. The van der Waals surface area contributed by atoms with E-state index in [-0.39, 0.29) is 25.1 Å². The molecule has 1 aliphatic rings. The zero-order valence-corrected chi connectivity index (χ0v) is 9.79. The van der Waals surface area contributed by atoms with Gasteiger partial charge in [-0.15, -0.1) is 0 Å².